The van der Waals surface area contributed by atoms with Gasteiger partial charge in [0.15, 0.2) is 0 Å². The third-order valence-electron chi connectivity index (χ3n) is 2.41. The van der Waals surface area contributed by atoms with Crippen LogP contribution < -0.4 is 4.74 Å². The Kier molecular flexibility index (Phi) is 4.24. The molecule has 0 aliphatic rings. The summed E-state index contributed by atoms with van der Waals surface area (Å²) in [6.45, 7) is 0.414. The zero-order chi connectivity index (χ0) is 13.0. The van der Waals surface area contributed by atoms with Crippen LogP contribution in [0, 0.1) is 0 Å². The number of hydrogen-bond acceptors (Lipinski definition) is 2. The van der Waals surface area contributed by atoms with Crippen LogP contribution in [0.2, 0.25) is 10.0 Å². The summed E-state index contributed by atoms with van der Waals surface area (Å²) >= 11 is 11.7. The van der Waals surface area contributed by atoms with Crippen molar-refractivity contribution in [2.24, 2.45) is 0 Å². The Hall–Kier alpha value is -1.51. The molecule has 2 aromatic rings. The Morgan fingerprint density at radius 3 is 2.33 bits per heavy atom. The Morgan fingerprint density at radius 1 is 1.00 bits per heavy atom. The molecule has 0 unspecified atom stereocenters. The molecule has 92 valence electrons. The standard InChI is InChI=1S/C14H10Cl2O2/c15-13-6-5-12(7-14(13)16)18-9-11-3-1-10(8-17)2-4-11/h1-8H,9H2. The molecule has 2 aromatic carbocycles. The Morgan fingerprint density at radius 2 is 1.72 bits per heavy atom. The number of hydrogen-bond donors (Lipinski definition) is 0. The summed E-state index contributed by atoms with van der Waals surface area (Å²) in [5, 5.41) is 0.963. The van der Waals surface area contributed by atoms with Crippen LogP contribution in [0.4, 0.5) is 0 Å². The molecule has 2 nitrogen and oxygen atoms in total. The highest BCUT2D eigenvalue weighted by molar-refractivity contribution is 6.42. The first-order chi connectivity index (χ1) is 8.69. The summed E-state index contributed by atoms with van der Waals surface area (Å²) in [4.78, 5) is 10.5. The molecule has 0 aliphatic heterocycles. The van der Waals surface area contributed by atoms with Crippen LogP contribution in [0.3, 0.4) is 0 Å². The van der Waals surface area contributed by atoms with Gasteiger partial charge in [-0.2, -0.15) is 0 Å². The third kappa shape index (κ3) is 3.25. The number of ether oxygens (including phenoxy) is 1. The van der Waals surface area contributed by atoms with E-state index in [-0.39, 0.29) is 0 Å². The summed E-state index contributed by atoms with van der Waals surface area (Å²) in [7, 11) is 0. The molecule has 0 bridgehead atoms. The Labute approximate surface area is 115 Å². The van der Waals surface area contributed by atoms with E-state index >= 15 is 0 Å². The summed E-state index contributed by atoms with van der Waals surface area (Å²) in [6, 6.07) is 12.3. The van der Waals surface area contributed by atoms with Crippen molar-refractivity contribution in [1.82, 2.24) is 0 Å². The highest BCUT2D eigenvalue weighted by Gasteiger charge is 2.01. The number of halogens is 2. The average molecular weight is 281 g/mol. The largest absolute Gasteiger partial charge is 0.489 e. The van der Waals surface area contributed by atoms with E-state index in [1.165, 1.54) is 0 Å². The lowest BCUT2D eigenvalue weighted by atomic mass is 10.2. The number of benzene rings is 2. The van der Waals surface area contributed by atoms with Gasteiger partial charge in [0, 0.05) is 11.6 Å². The highest BCUT2D eigenvalue weighted by atomic mass is 35.5. The fourth-order valence-corrected chi connectivity index (χ4v) is 1.71. The topological polar surface area (TPSA) is 26.3 Å². The monoisotopic (exact) mass is 280 g/mol. The van der Waals surface area contributed by atoms with Crippen LogP contribution in [0.1, 0.15) is 15.9 Å². The van der Waals surface area contributed by atoms with E-state index in [4.69, 9.17) is 27.9 Å². The van der Waals surface area contributed by atoms with E-state index in [1.807, 2.05) is 12.1 Å². The van der Waals surface area contributed by atoms with Crippen molar-refractivity contribution in [3.8, 4) is 5.75 Å². The van der Waals surface area contributed by atoms with Crippen molar-refractivity contribution in [1.29, 1.82) is 0 Å². The molecule has 0 heterocycles. The first-order valence-corrected chi connectivity index (χ1v) is 6.06. The molecule has 0 aromatic heterocycles. The van der Waals surface area contributed by atoms with E-state index < -0.39 is 0 Å². The second-order valence-corrected chi connectivity index (χ2v) is 4.54. The first-order valence-electron chi connectivity index (χ1n) is 5.31. The minimum atomic E-state index is 0.414. The van der Waals surface area contributed by atoms with Gasteiger partial charge in [0.1, 0.15) is 18.6 Å². The van der Waals surface area contributed by atoms with Crippen LogP contribution >= 0.6 is 23.2 Å². The van der Waals surface area contributed by atoms with Crippen LogP contribution in [0.25, 0.3) is 0 Å². The quantitative estimate of drug-likeness (QED) is 0.777. The molecule has 0 aliphatic carbocycles. The van der Waals surface area contributed by atoms with Crippen molar-refractivity contribution < 1.29 is 9.53 Å². The molecule has 2 rings (SSSR count). The lowest BCUT2D eigenvalue weighted by Crippen LogP contribution is -1.95. The van der Waals surface area contributed by atoms with Gasteiger partial charge in [-0.05, 0) is 17.7 Å². The molecular weight excluding hydrogens is 271 g/mol. The van der Waals surface area contributed by atoms with Gasteiger partial charge >= 0.3 is 0 Å². The maximum atomic E-state index is 10.5. The van der Waals surface area contributed by atoms with Crippen molar-refractivity contribution in [2.45, 2.75) is 6.61 Å². The van der Waals surface area contributed by atoms with Gasteiger partial charge in [-0.1, -0.05) is 47.5 Å². The Bertz CT molecular complexity index is 550. The number of aldehydes is 1. The van der Waals surface area contributed by atoms with Gasteiger partial charge in [-0.3, -0.25) is 4.79 Å². The number of carbonyl (C=O) groups is 1. The maximum absolute atomic E-state index is 10.5. The van der Waals surface area contributed by atoms with E-state index in [9.17, 15) is 4.79 Å². The lowest BCUT2D eigenvalue weighted by molar-refractivity contribution is 0.112. The normalized spacial score (nSPS) is 10.1. The average Bonchev–Trinajstić information content (AvgIpc) is 2.41. The van der Waals surface area contributed by atoms with E-state index in [2.05, 4.69) is 0 Å². The molecular formula is C14H10Cl2O2. The first kappa shape index (κ1) is 12.9. The van der Waals surface area contributed by atoms with Crippen molar-refractivity contribution in [3.05, 3.63) is 63.6 Å². The van der Waals surface area contributed by atoms with Crippen molar-refractivity contribution in [2.75, 3.05) is 0 Å². The molecule has 0 radical (unpaired) electrons. The summed E-state index contributed by atoms with van der Waals surface area (Å²) in [6.07, 6.45) is 0.809. The SMILES string of the molecule is O=Cc1ccc(COc2ccc(Cl)c(Cl)c2)cc1. The molecule has 4 heteroatoms. The molecule has 0 amide bonds. The molecule has 0 saturated heterocycles. The van der Waals surface area contributed by atoms with Gasteiger partial charge in [-0.15, -0.1) is 0 Å². The van der Waals surface area contributed by atoms with E-state index in [0.29, 0.717) is 28.0 Å². The predicted molar refractivity (Wildman–Crippen MR) is 72.6 cm³/mol. The summed E-state index contributed by atoms with van der Waals surface area (Å²) < 4.78 is 5.57. The number of carbonyl (C=O) groups excluding carboxylic acids is 1. The van der Waals surface area contributed by atoms with E-state index in [1.54, 1.807) is 30.3 Å². The molecule has 0 N–H and O–H groups in total. The summed E-state index contributed by atoms with van der Waals surface area (Å²) in [5.41, 5.74) is 1.62. The Balaban J connectivity index is 2.01. The molecule has 0 fully saturated rings. The smallest absolute Gasteiger partial charge is 0.150 e. The number of rotatable bonds is 4. The molecule has 18 heavy (non-hydrogen) atoms. The van der Waals surface area contributed by atoms with Gasteiger partial charge < -0.3 is 4.74 Å². The second kappa shape index (κ2) is 5.89. The minimum absolute atomic E-state index is 0.414. The lowest BCUT2D eigenvalue weighted by Gasteiger charge is -2.07. The van der Waals surface area contributed by atoms with Crippen molar-refractivity contribution >= 4 is 29.5 Å². The predicted octanol–water partition coefficient (Wildman–Crippen LogP) is 4.38. The van der Waals surface area contributed by atoms with Crippen molar-refractivity contribution in [3.63, 3.8) is 0 Å². The molecule has 0 atom stereocenters. The third-order valence-corrected chi connectivity index (χ3v) is 3.15. The fourth-order valence-electron chi connectivity index (χ4n) is 1.43. The minimum Gasteiger partial charge on any atom is -0.489 e. The zero-order valence-electron chi connectivity index (χ0n) is 9.40. The van der Waals surface area contributed by atoms with Crippen LogP contribution in [0.15, 0.2) is 42.5 Å². The van der Waals surface area contributed by atoms with Gasteiger partial charge in [0.25, 0.3) is 0 Å². The van der Waals surface area contributed by atoms with Crippen LogP contribution in [-0.4, -0.2) is 6.29 Å². The summed E-state index contributed by atoms with van der Waals surface area (Å²) in [5.74, 6) is 0.656. The van der Waals surface area contributed by atoms with Crippen LogP contribution in [-0.2, 0) is 6.61 Å². The van der Waals surface area contributed by atoms with Gasteiger partial charge in [-0.25, -0.2) is 0 Å². The maximum Gasteiger partial charge on any atom is 0.150 e. The van der Waals surface area contributed by atoms with E-state index in [0.717, 1.165) is 11.8 Å². The fraction of sp³-hybridized carbons (Fsp3) is 0.0714. The van der Waals surface area contributed by atoms with Crippen LogP contribution in [0.5, 0.6) is 5.75 Å². The second-order valence-electron chi connectivity index (χ2n) is 3.72. The molecule has 0 saturated carbocycles. The zero-order valence-corrected chi connectivity index (χ0v) is 10.9. The van der Waals surface area contributed by atoms with Gasteiger partial charge in [0.2, 0.25) is 0 Å². The van der Waals surface area contributed by atoms with Gasteiger partial charge in [0.05, 0.1) is 10.0 Å². The highest BCUT2D eigenvalue weighted by Crippen LogP contribution is 2.26. The molecule has 0 spiro atoms.